The van der Waals surface area contributed by atoms with Crippen molar-refractivity contribution in [2.75, 3.05) is 11.9 Å². The maximum absolute atomic E-state index is 8.96. The molecule has 2 heterocycles. The van der Waals surface area contributed by atoms with E-state index < -0.39 is 0 Å². The van der Waals surface area contributed by atoms with Gasteiger partial charge in [0.05, 0.1) is 11.3 Å². The third-order valence-corrected chi connectivity index (χ3v) is 2.78. The molecule has 2 aromatic heterocycles. The van der Waals surface area contributed by atoms with Gasteiger partial charge in [-0.3, -0.25) is 4.98 Å². The standard InChI is InChI=1S/C15H17N5/c1-4-18-14-6-13(19-15(20-14)10(2)3)12-5-11(7-16)8-17-9-12/h5-6,8-10H,4H2,1-3H3,(H,18,19,20). The van der Waals surface area contributed by atoms with E-state index in [-0.39, 0.29) is 5.92 Å². The van der Waals surface area contributed by atoms with Crippen LogP contribution in [0.1, 0.15) is 38.1 Å². The third-order valence-electron chi connectivity index (χ3n) is 2.78. The summed E-state index contributed by atoms with van der Waals surface area (Å²) in [5.41, 5.74) is 2.13. The first-order valence-electron chi connectivity index (χ1n) is 6.62. The van der Waals surface area contributed by atoms with Gasteiger partial charge in [0.25, 0.3) is 0 Å². The number of hydrogen-bond donors (Lipinski definition) is 1. The number of nitrogens with zero attached hydrogens (tertiary/aromatic N) is 4. The zero-order valence-corrected chi connectivity index (χ0v) is 11.9. The van der Waals surface area contributed by atoms with Crippen molar-refractivity contribution < 1.29 is 0 Å². The lowest BCUT2D eigenvalue weighted by atomic mass is 10.1. The molecular weight excluding hydrogens is 250 g/mol. The average molecular weight is 267 g/mol. The minimum Gasteiger partial charge on any atom is -0.370 e. The molecule has 102 valence electrons. The summed E-state index contributed by atoms with van der Waals surface area (Å²) in [6.07, 6.45) is 3.25. The van der Waals surface area contributed by atoms with Crippen LogP contribution < -0.4 is 5.32 Å². The van der Waals surface area contributed by atoms with E-state index in [0.717, 1.165) is 29.4 Å². The van der Waals surface area contributed by atoms with Gasteiger partial charge >= 0.3 is 0 Å². The zero-order chi connectivity index (χ0) is 14.5. The summed E-state index contributed by atoms with van der Waals surface area (Å²) < 4.78 is 0. The molecule has 5 heteroatoms. The van der Waals surface area contributed by atoms with E-state index in [1.165, 1.54) is 0 Å². The minimum atomic E-state index is 0.236. The van der Waals surface area contributed by atoms with Gasteiger partial charge in [-0.25, -0.2) is 9.97 Å². The molecule has 0 saturated carbocycles. The molecule has 0 aliphatic heterocycles. The fraction of sp³-hybridized carbons (Fsp3) is 0.333. The van der Waals surface area contributed by atoms with Crippen molar-refractivity contribution in [3.63, 3.8) is 0 Å². The second-order valence-electron chi connectivity index (χ2n) is 4.76. The normalized spacial score (nSPS) is 10.3. The highest BCUT2D eigenvalue weighted by molar-refractivity contribution is 5.63. The molecule has 0 radical (unpaired) electrons. The molecule has 0 saturated heterocycles. The predicted molar refractivity (Wildman–Crippen MR) is 78.2 cm³/mol. The smallest absolute Gasteiger partial charge is 0.133 e. The van der Waals surface area contributed by atoms with Crippen molar-refractivity contribution in [2.45, 2.75) is 26.7 Å². The maximum Gasteiger partial charge on any atom is 0.133 e. The third kappa shape index (κ3) is 3.09. The Labute approximate surface area is 118 Å². The summed E-state index contributed by atoms with van der Waals surface area (Å²) >= 11 is 0. The largest absolute Gasteiger partial charge is 0.370 e. The lowest BCUT2D eigenvalue weighted by Gasteiger charge is -2.11. The van der Waals surface area contributed by atoms with Gasteiger partial charge < -0.3 is 5.32 Å². The lowest BCUT2D eigenvalue weighted by Crippen LogP contribution is -2.06. The second-order valence-corrected chi connectivity index (χ2v) is 4.76. The van der Waals surface area contributed by atoms with Crippen molar-refractivity contribution in [3.05, 3.63) is 35.9 Å². The van der Waals surface area contributed by atoms with Crippen LogP contribution in [0.5, 0.6) is 0 Å². The zero-order valence-electron chi connectivity index (χ0n) is 11.9. The summed E-state index contributed by atoms with van der Waals surface area (Å²) in [7, 11) is 0. The molecule has 2 rings (SSSR count). The number of anilines is 1. The Morgan fingerprint density at radius 1 is 1.25 bits per heavy atom. The fourth-order valence-electron chi connectivity index (χ4n) is 1.78. The number of pyridine rings is 1. The summed E-state index contributed by atoms with van der Waals surface area (Å²) in [6, 6.07) is 5.76. The van der Waals surface area contributed by atoms with Crippen LogP contribution in [0.2, 0.25) is 0 Å². The van der Waals surface area contributed by atoms with Crippen molar-refractivity contribution in [2.24, 2.45) is 0 Å². The highest BCUT2D eigenvalue weighted by atomic mass is 15.0. The van der Waals surface area contributed by atoms with Crippen LogP contribution in [0.25, 0.3) is 11.3 Å². The molecule has 0 amide bonds. The van der Waals surface area contributed by atoms with Crippen LogP contribution in [0, 0.1) is 11.3 Å². The van der Waals surface area contributed by atoms with Gasteiger partial charge in [-0.2, -0.15) is 5.26 Å². The molecule has 0 aliphatic carbocycles. The Morgan fingerprint density at radius 3 is 2.70 bits per heavy atom. The first kappa shape index (κ1) is 13.9. The first-order valence-corrected chi connectivity index (χ1v) is 6.62. The predicted octanol–water partition coefficient (Wildman–Crippen LogP) is 2.97. The van der Waals surface area contributed by atoms with Gasteiger partial charge in [0, 0.05) is 36.5 Å². The SMILES string of the molecule is CCNc1cc(-c2cncc(C#N)c2)nc(C(C)C)n1. The van der Waals surface area contributed by atoms with Crippen molar-refractivity contribution in [1.82, 2.24) is 15.0 Å². The Balaban J connectivity index is 2.51. The number of aromatic nitrogens is 3. The topological polar surface area (TPSA) is 74.5 Å². The van der Waals surface area contributed by atoms with Crippen LogP contribution in [0.4, 0.5) is 5.82 Å². The summed E-state index contributed by atoms with van der Waals surface area (Å²) in [6.45, 7) is 6.93. The van der Waals surface area contributed by atoms with Crippen molar-refractivity contribution in [3.8, 4) is 17.3 Å². The van der Waals surface area contributed by atoms with Gasteiger partial charge in [-0.05, 0) is 13.0 Å². The highest BCUT2D eigenvalue weighted by Gasteiger charge is 2.10. The molecule has 20 heavy (non-hydrogen) atoms. The monoisotopic (exact) mass is 267 g/mol. The molecule has 0 unspecified atom stereocenters. The molecule has 0 spiro atoms. The van der Waals surface area contributed by atoms with Crippen LogP contribution in [-0.4, -0.2) is 21.5 Å². The maximum atomic E-state index is 8.96. The van der Waals surface area contributed by atoms with Gasteiger partial charge in [0.15, 0.2) is 0 Å². The van der Waals surface area contributed by atoms with Gasteiger partial charge in [-0.15, -0.1) is 0 Å². The van der Waals surface area contributed by atoms with E-state index in [9.17, 15) is 0 Å². The molecule has 0 atom stereocenters. The average Bonchev–Trinajstić information content (AvgIpc) is 2.47. The second kappa shape index (κ2) is 6.11. The molecule has 0 aromatic carbocycles. The van der Waals surface area contributed by atoms with E-state index >= 15 is 0 Å². The number of nitriles is 1. The van der Waals surface area contributed by atoms with E-state index in [1.807, 2.05) is 13.0 Å². The van der Waals surface area contributed by atoms with E-state index in [1.54, 1.807) is 18.5 Å². The fourth-order valence-corrected chi connectivity index (χ4v) is 1.78. The van der Waals surface area contributed by atoms with Crippen molar-refractivity contribution >= 4 is 5.82 Å². The van der Waals surface area contributed by atoms with E-state index in [2.05, 4.69) is 40.2 Å². The van der Waals surface area contributed by atoms with Crippen LogP contribution in [0.15, 0.2) is 24.5 Å². The van der Waals surface area contributed by atoms with E-state index in [4.69, 9.17) is 5.26 Å². The summed E-state index contributed by atoms with van der Waals surface area (Å²) in [5.74, 6) is 1.81. The molecule has 2 aromatic rings. The summed E-state index contributed by atoms with van der Waals surface area (Å²) in [5, 5.41) is 12.2. The van der Waals surface area contributed by atoms with Gasteiger partial charge in [0.1, 0.15) is 17.7 Å². The molecule has 0 aliphatic rings. The highest BCUT2D eigenvalue weighted by Crippen LogP contribution is 2.22. The quantitative estimate of drug-likeness (QED) is 0.921. The number of nitrogens with one attached hydrogen (secondary N) is 1. The Bertz CT molecular complexity index is 643. The Kier molecular flexibility index (Phi) is 4.26. The molecule has 0 bridgehead atoms. The lowest BCUT2D eigenvalue weighted by molar-refractivity contribution is 0.776. The molecule has 5 nitrogen and oxygen atoms in total. The number of rotatable bonds is 4. The van der Waals surface area contributed by atoms with Gasteiger partial charge in [-0.1, -0.05) is 13.8 Å². The van der Waals surface area contributed by atoms with E-state index in [0.29, 0.717) is 5.56 Å². The van der Waals surface area contributed by atoms with Crippen LogP contribution in [0.3, 0.4) is 0 Å². The molecular formula is C15H17N5. The number of hydrogen-bond acceptors (Lipinski definition) is 5. The summed E-state index contributed by atoms with van der Waals surface area (Å²) in [4.78, 5) is 13.1. The Hall–Kier alpha value is -2.48. The Morgan fingerprint density at radius 2 is 2.05 bits per heavy atom. The first-order chi connectivity index (χ1) is 9.63. The minimum absolute atomic E-state index is 0.236. The molecule has 1 N–H and O–H groups in total. The van der Waals surface area contributed by atoms with Crippen molar-refractivity contribution in [1.29, 1.82) is 5.26 Å². The van der Waals surface area contributed by atoms with Gasteiger partial charge in [0.2, 0.25) is 0 Å². The van der Waals surface area contributed by atoms with Crippen LogP contribution in [-0.2, 0) is 0 Å². The van der Waals surface area contributed by atoms with Crippen LogP contribution >= 0.6 is 0 Å². The molecule has 0 fully saturated rings.